The Bertz CT molecular complexity index is 206. The van der Waals surface area contributed by atoms with Gasteiger partial charge in [0.1, 0.15) is 0 Å². The van der Waals surface area contributed by atoms with Gasteiger partial charge in [-0.2, -0.15) is 0 Å². The lowest BCUT2D eigenvalue weighted by Gasteiger charge is -2.11. The second-order valence-electron chi connectivity index (χ2n) is 2.92. The van der Waals surface area contributed by atoms with Crippen LogP contribution in [-0.2, 0) is 4.74 Å². The molecule has 1 nitrogen and oxygen atoms in total. The Morgan fingerprint density at radius 2 is 1.92 bits per heavy atom. The molecule has 1 aromatic carbocycles. The molecule has 1 atom stereocenters. The zero-order valence-electron chi connectivity index (χ0n) is 7.79. The molecule has 0 aliphatic heterocycles. The minimum absolute atomic E-state index is 0.228. The number of hydrogen-bond donors (Lipinski definition) is 0. The van der Waals surface area contributed by atoms with Gasteiger partial charge in [-0.05, 0) is 18.9 Å². The van der Waals surface area contributed by atoms with Crippen LogP contribution in [0.3, 0.4) is 0 Å². The lowest BCUT2D eigenvalue weighted by molar-refractivity contribution is 0.0663. The first-order valence-electron chi connectivity index (χ1n) is 4.51. The van der Waals surface area contributed by atoms with Crippen LogP contribution < -0.4 is 0 Å². The van der Waals surface area contributed by atoms with Gasteiger partial charge >= 0.3 is 0 Å². The third kappa shape index (κ3) is 2.67. The third-order valence-electron chi connectivity index (χ3n) is 1.84. The number of benzene rings is 1. The Balaban J connectivity index is 2.48. The van der Waals surface area contributed by atoms with Crippen molar-refractivity contribution in [2.75, 3.05) is 6.61 Å². The van der Waals surface area contributed by atoms with E-state index in [1.165, 1.54) is 5.56 Å². The van der Waals surface area contributed by atoms with Gasteiger partial charge in [-0.1, -0.05) is 37.3 Å². The molecule has 66 valence electrons. The second-order valence-corrected chi connectivity index (χ2v) is 2.92. The van der Waals surface area contributed by atoms with E-state index in [2.05, 4.69) is 26.0 Å². The Kier molecular flexibility index (Phi) is 3.81. The summed E-state index contributed by atoms with van der Waals surface area (Å²) in [5, 5.41) is 0. The fourth-order valence-electron chi connectivity index (χ4n) is 1.11. The van der Waals surface area contributed by atoms with Crippen molar-refractivity contribution < 1.29 is 4.74 Å². The summed E-state index contributed by atoms with van der Waals surface area (Å²) in [5.41, 5.74) is 1.26. The van der Waals surface area contributed by atoms with Crippen LogP contribution in [0.2, 0.25) is 0 Å². The van der Waals surface area contributed by atoms with Crippen molar-refractivity contribution in [1.29, 1.82) is 0 Å². The third-order valence-corrected chi connectivity index (χ3v) is 1.84. The number of hydrogen-bond acceptors (Lipinski definition) is 1. The molecule has 1 rings (SSSR count). The van der Waals surface area contributed by atoms with Gasteiger partial charge in [-0.25, -0.2) is 0 Å². The van der Waals surface area contributed by atoms with Gasteiger partial charge in [0, 0.05) is 6.61 Å². The van der Waals surface area contributed by atoms with E-state index in [4.69, 9.17) is 4.74 Å². The van der Waals surface area contributed by atoms with E-state index in [-0.39, 0.29) is 6.10 Å². The molecule has 0 saturated heterocycles. The molecule has 0 spiro atoms. The SMILES string of the molecule is CCCOC(C)c1ccccc1. The summed E-state index contributed by atoms with van der Waals surface area (Å²) < 4.78 is 5.58. The van der Waals surface area contributed by atoms with Crippen LogP contribution in [0.1, 0.15) is 31.9 Å². The van der Waals surface area contributed by atoms with Crippen LogP contribution in [0.5, 0.6) is 0 Å². The van der Waals surface area contributed by atoms with E-state index in [1.54, 1.807) is 0 Å². The van der Waals surface area contributed by atoms with Crippen molar-refractivity contribution in [3.8, 4) is 0 Å². The molecule has 0 heterocycles. The molecule has 0 aliphatic carbocycles. The van der Waals surface area contributed by atoms with E-state index in [0.29, 0.717) is 0 Å². The molecular weight excluding hydrogens is 148 g/mol. The summed E-state index contributed by atoms with van der Waals surface area (Å²) >= 11 is 0. The molecule has 1 heteroatoms. The maximum atomic E-state index is 5.58. The van der Waals surface area contributed by atoms with E-state index in [0.717, 1.165) is 13.0 Å². The molecular formula is C11H16O. The molecule has 1 aromatic rings. The van der Waals surface area contributed by atoms with E-state index < -0.39 is 0 Å². The Labute approximate surface area is 74.4 Å². The fourth-order valence-corrected chi connectivity index (χ4v) is 1.11. The summed E-state index contributed by atoms with van der Waals surface area (Å²) in [6.45, 7) is 5.05. The molecule has 0 fully saturated rings. The van der Waals surface area contributed by atoms with Gasteiger partial charge in [0.15, 0.2) is 0 Å². The Morgan fingerprint density at radius 3 is 2.50 bits per heavy atom. The van der Waals surface area contributed by atoms with Crippen molar-refractivity contribution >= 4 is 0 Å². The smallest absolute Gasteiger partial charge is 0.0796 e. The normalized spacial score (nSPS) is 12.8. The quantitative estimate of drug-likeness (QED) is 0.664. The first-order chi connectivity index (χ1) is 5.84. The monoisotopic (exact) mass is 164 g/mol. The molecule has 12 heavy (non-hydrogen) atoms. The molecule has 0 aliphatic rings. The summed E-state index contributed by atoms with van der Waals surface area (Å²) in [4.78, 5) is 0. The van der Waals surface area contributed by atoms with Gasteiger partial charge in [-0.3, -0.25) is 0 Å². The second kappa shape index (κ2) is 4.94. The maximum Gasteiger partial charge on any atom is 0.0796 e. The first-order valence-corrected chi connectivity index (χ1v) is 4.51. The van der Waals surface area contributed by atoms with Crippen LogP contribution in [0.25, 0.3) is 0 Å². The van der Waals surface area contributed by atoms with Crippen LogP contribution in [0.15, 0.2) is 30.3 Å². The van der Waals surface area contributed by atoms with E-state index in [9.17, 15) is 0 Å². The highest BCUT2D eigenvalue weighted by molar-refractivity contribution is 5.16. The standard InChI is InChI=1S/C11H16O/c1-3-9-12-10(2)11-7-5-4-6-8-11/h4-8,10H,3,9H2,1-2H3. The van der Waals surface area contributed by atoms with Gasteiger partial charge in [0.05, 0.1) is 6.10 Å². The topological polar surface area (TPSA) is 9.23 Å². The lowest BCUT2D eigenvalue weighted by atomic mass is 10.1. The maximum absolute atomic E-state index is 5.58. The van der Waals surface area contributed by atoms with Crippen LogP contribution in [0.4, 0.5) is 0 Å². The van der Waals surface area contributed by atoms with Crippen LogP contribution in [0, 0.1) is 0 Å². The molecule has 0 aromatic heterocycles. The summed E-state index contributed by atoms with van der Waals surface area (Å²) in [6, 6.07) is 10.3. The predicted molar refractivity (Wildman–Crippen MR) is 51.1 cm³/mol. The minimum Gasteiger partial charge on any atom is -0.374 e. The molecule has 0 bridgehead atoms. The largest absolute Gasteiger partial charge is 0.374 e. The highest BCUT2D eigenvalue weighted by atomic mass is 16.5. The van der Waals surface area contributed by atoms with Crippen LogP contribution >= 0.6 is 0 Å². The summed E-state index contributed by atoms with van der Waals surface area (Å²) in [5.74, 6) is 0. The Hall–Kier alpha value is -0.820. The fraction of sp³-hybridized carbons (Fsp3) is 0.455. The zero-order valence-corrected chi connectivity index (χ0v) is 7.79. The highest BCUT2D eigenvalue weighted by Crippen LogP contribution is 2.15. The lowest BCUT2D eigenvalue weighted by Crippen LogP contribution is -2.00. The van der Waals surface area contributed by atoms with Gasteiger partial charge in [-0.15, -0.1) is 0 Å². The molecule has 0 N–H and O–H groups in total. The average molecular weight is 164 g/mol. The average Bonchev–Trinajstić information content (AvgIpc) is 2.15. The molecule has 0 radical (unpaired) electrons. The van der Waals surface area contributed by atoms with Crippen LogP contribution in [-0.4, -0.2) is 6.61 Å². The van der Waals surface area contributed by atoms with Crippen molar-refractivity contribution in [3.63, 3.8) is 0 Å². The zero-order chi connectivity index (χ0) is 8.81. The predicted octanol–water partition coefficient (Wildman–Crippen LogP) is 3.17. The van der Waals surface area contributed by atoms with Crippen molar-refractivity contribution in [3.05, 3.63) is 35.9 Å². The van der Waals surface area contributed by atoms with Gasteiger partial charge in [0.2, 0.25) is 0 Å². The van der Waals surface area contributed by atoms with E-state index >= 15 is 0 Å². The molecule has 0 saturated carbocycles. The van der Waals surface area contributed by atoms with Crippen molar-refractivity contribution in [2.45, 2.75) is 26.4 Å². The first kappa shape index (κ1) is 9.27. The Morgan fingerprint density at radius 1 is 1.25 bits per heavy atom. The van der Waals surface area contributed by atoms with E-state index in [1.807, 2.05) is 18.2 Å². The van der Waals surface area contributed by atoms with Gasteiger partial charge in [0.25, 0.3) is 0 Å². The molecule has 1 unspecified atom stereocenters. The summed E-state index contributed by atoms with van der Waals surface area (Å²) in [6.07, 6.45) is 1.31. The number of rotatable bonds is 4. The van der Waals surface area contributed by atoms with Crippen molar-refractivity contribution in [2.24, 2.45) is 0 Å². The van der Waals surface area contributed by atoms with Gasteiger partial charge < -0.3 is 4.74 Å². The number of ether oxygens (including phenoxy) is 1. The van der Waals surface area contributed by atoms with Crippen molar-refractivity contribution in [1.82, 2.24) is 0 Å². The molecule has 0 amide bonds. The minimum atomic E-state index is 0.228. The highest BCUT2D eigenvalue weighted by Gasteiger charge is 2.02. The summed E-state index contributed by atoms with van der Waals surface area (Å²) in [7, 11) is 0.